The van der Waals surface area contributed by atoms with Gasteiger partial charge in [-0.2, -0.15) is 0 Å². The lowest BCUT2D eigenvalue weighted by Crippen LogP contribution is -2.23. The number of carbonyl (C=O) groups is 1. The quantitative estimate of drug-likeness (QED) is 0.710. The highest BCUT2D eigenvalue weighted by Gasteiger charge is 2.15. The molecule has 17 heavy (non-hydrogen) atoms. The van der Waals surface area contributed by atoms with Gasteiger partial charge in [-0.05, 0) is 18.1 Å². The van der Waals surface area contributed by atoms with E-state index in [-0.39, 0.29) is 5.97 Å². The van der Waals surface area contributed by atoms with Crippen molar-refractivity contribution in [1.29, 1.82) is 0 Å². The molecule has 0 N–H and O–H groups in total. The van der Waals surface area contributed by atoms with E-state index < -0.39 is 6.10 Å². The first-order valence-electron chi connectivity index (χ1n) is 5.70. The van der Waals surface area contributed by atoms with Gasteiger partial charge in [-0.1, -0.05) is 43.3 Å². The molecule has 0 radical (unpaired) electrons. The number of rotatable bonds is 6. The molecular weight excluding hydrogens is 216 g/mol. The molecule has 1 aromatic carbocycles. The molecule has 0 aliphatic rings. The molecule has 0 aliphatic carbocycles. The molecule has 1 unspecified atom stereocenters. The van der Waals surface area contributed by atoms with Crippen molar-refractivity contribution in [2.24, 2.45) is 0 Å². The van der Waals surface area contributed by atoms with Crippen molar-refractivity contribution in [3.63, 3.8) is 0 Å². The van der Waals surface area contributed by atoms with E-state index in [9.17, 15) is 4.79 Å². The van der Waals surface area contributed by atoms with Crippen LogP contribution in [0.4, 0.5) is 0 Å². The van der Waals surface area contributed by atoms with Gasteiger partial charge in [-0.15, -0.1) is 0 Å². The molecule has 92 valence electrons. The number of ether oxygens (including phenoxy) is 2. The van der Waals surface area contributed by atoms with Crippen LogP contribution >= 0.6 is 0 Å². The minimum Gasteiger partial charge on any atom is -0.467 e. The Morgan fingerprint density at radius 1 is 1.35 bits per heavy atom. The second-order valence-electron chi connectivity index (χ2n) is 3.58. The second-order valence-corrected chi connectivity index (χ2v) is 3.58. The number of carbonyl (C=O) groups excluding carboxylic acids is 1. The number of benzene rings is 1. The van der Waals surface area contributed by atoms with E-state index in [0.29, 0.717) is 6.61 Å². The predicted molar refractivity (Wildman–Crippen MR) is 67.5 cm³/mol. The zero-order valence-corrected chi connectivity index (χ0v) is 10.3. The van der Waals surface area contributed by atoms with E-state index in [0.717, 1.165) is 12.0 Å². The van der Waals surface area contributed by atoms with E-state index >= 15 is 0 Å². The standard InChI is InChI=1S/C14H18O3/c1-3-11-17-13(14(15)16-2)10-9-12-7-5-4-6-8-12/h4-10,13H,3,11H2,1-2H3/b10-9+. The Morgan fingerprint density at radius 3 is 2.65 bits per heavy atom. The lowest BCUT2D eigenvalue weighted by atomic mass is 10.2. The average Bonchev–Trinajstić information content (AvgIpc) is 2.39. The Balaban J connectivity index is 2.65. The summed E-state index contributed by atoms with van der Waals surface area (Å²) in [5, 5.41) is 0. The summed E-state index contributed by atoms with van der Waals surface area (Å²) in [7, 11) is 1.36. The van der Waals surface area contributed by atoms with E-state index in [2.05, 4.69) is 4.74 Å². The van der Waals surface area contributed by atoms with Gasteiger partial charge in [-0.3, -0.25) is 0 Å². The molecule has 1 atom stereocenters. The highest BCUT2D eigenvalue weighted by molar-refractivity contribution is 5.78. The molecule has 1 aromatic rings. The molecule has 0 bridgehead atoms. The van der Waals surface area contributed by atoms with E-state index in [1.807, 2.05) is 43.3 Å². The van der Waals surface area contributed by atoms with E-state index in [4.69, 9.17) is 4.74 Å². The predicted octanol–water partition coefficient (Wildman–Crippen LogP) is 2.67. The highest BCUT2D eigenvalue weighted by Crippen LogP contribution is 2.05. The minimum absolute atomic E-state index is 0.370. The monoisotopic (exact) mass is 234 g/mol. The Morgan fingerprint density at radius 2 is 2.06 bits per heavy atom. The second kappa shape index (κ2) is 7.63. The van der Waals surface area contributed by atoms with E-state index in [1.54, 1.807) is 6.08 Å². The number of hydrogen-bond donors (Lipinski definition) is 0. The lowest BCUT2D eigenvalue weighted by molar-refractivity contribution is -0.150. The van der Waals surface area contributed by atoms with Crippen molar-refractivity contribution in [2.45, 2.75) is 19.4 Å². The van der Waals surface area contributed by atoms with Crippen molar-refractivity contribution in [3.8, 4) is 0 Å². The largest absolute Gasteiger partial charge is 0.467 e. The third-order valence-electron chi connectivity index (χ3n) is 2.20. The molecule has 0 aromatic heterocycles. The summed E-state index contributed by atoms with van der Waals surface area (Å²) in [6, 6.07) is 9.76. The maximum absolute atomic E-state index is 11.4. The summed E-state index contributed by atoms with van der Waals surface area (Å²) in [6.07, 6.45) is 3.82. The smallest absolute Gasteiger partial charge is 0.339 e. The third-order valence-corrected chi connectivity index (χ3v) is 2.20. The number of esters is 1. The summed E-state index contributed by atoms with van der Waals surface area (Å²) in [5.41, 5.74) is 1.03. The fourth-order valence-corrected chi connectivity index (χ4v) is 1.33. The molecule has 0 aliphatic heterocycles. The van der Waals surface area contributed by atoms with Crippen LogP contribution in [-0.2, 0) is 14.3 Å². The average molecular weight is 234 g/mol. The topological polar surface area (TPSA) is 35.5 Å². The van der Waals surface area contributed by atoms with Gasteiger partial charge in [0.2, 0.25) is 0 Å². The molecule has 0 fully saturated rings. The van der Waals surface area contributed by atoms with Gasteiger partial charge >= 0.3 is 5.97 Å². The molecule has 0 saturated heterocycles. The maximum Gasteiger partial charge on any atom is 0.339 e. The summed E-state index contributed by atoms with van der Waals surface area (Å²) in [6.45, 7) is 2.54. The van der Waals surface area contributed by atoms with Crippen LogP contribution in [0, 0.1) is 0 Å². The molecule has 3 nitrogen and oxygen atoms in total. The first-order chi connectivity index (χ1) is 8.27. The van der Waals surface area contributed by atoms with Crippen LogP contribution in [0.3, 0.4) is 0 Å². The lowest BCUT2D eigenvalue weighted by Gasteiger charge is -2.10. The van der Waals surface area contributed by atoms with Gasteiger partial charge in [0.15, 0.2) is 6.10 Å². The van der Waals surface area contributed by atoms with Crippen LogP contribution in [0.5, 0.6) is 0 Å². The maximum atomic E-state index is 11.4. The van der Waals surface area contributed by atoms with Gasteiger partial charge in [0, 0.05) is 6.61 Å². The van der Waals surface area contributed by atoms with Crippen molar-refractivity contribution in [1.82, 2.24) is 0 Å². The van der Waals surface area contributed by atoms with Crippen LogP contribution in [0.25, 0.3) is 6.08 Å². The fourth-order valence-electron chi connectivity index (χ4n) is 1.33. The van der Waals surface area contributed by atoms with Crippen LogP contribution in [0.1, 0.15) is 18.9 Å². The number of hydrogen-bond acceptors (Lipinski definition) is 3. The van der Waals surface area contributed by atoms with Gasteiger partial charge < -0.3 is 9.47 Å². The van der Waals surface area contributed by atoms with Gasteiger partial charge in [-0.25, -0.2) is 4.79 Å². The zero-order chi connectivity index (χ0) is 12.5. The molecule has 3 heteroatoms. The normalized spacial score (nSPS) is 12.6. The van der Waals surface area contributed by atoms with Crippen LogP contribution in [0.2, 0.25) is 0 Å². The SMILES string of the molecule is CCCOC(/C=C/c1ccccc1)C(=O)OC. The summed E-state index contributed by atoms with van der Waals surface area (Å²) in [4.78, 5) is 11.4. The molecular formula is C14H18O3. The van der Waals surface area contributed by atoms with Crippen molar-refractivity contribution >= 4 is 12.0 Å². The third kappa shape index (κ3) is 4.83. The molecule has 0 amide bonds. The Kier molecular flexibility index (Phi) is 6.04. The Bertz CT molecular complexity index is 357. The van der Waals surface area contributed by atoms with Gasteiger partial charge in [0.05, 0.1) is 7.11 Å². The molecule has 0 heterocycles. The first kappa shape index (κ1) is 13.5. The van der Waals surface area contributed by atoms with Gasteiger partial charge in [0.25, 0.3) is 0 Å². The summed E-state index contributed by atoms with van der Waals surface area (Å²) >= 11 is 0. The highest BCUT2D eigenvalue weighted by atomic mass is 16.6. The number of methoxy groups -OCH3 is 1. The minimum atomic E-state index is -0.625. The van der Waals surface area contributed by atoms with E-state index in [1.165, 1.54) is 7.11 Å². The van der Waals surface area contributed by atoms with Crippen molar-refractivity contribution < 1.29 is 14.3 Å². The van der Waals surface area contributed by atoms with Gasteiger partial charge in [0.1, 0.15) is 0 Å². The fraction of sp³-hybridized carbons (Fsp3) is 0.357. The summed E-state index contributed by atoms with van der Waals surface area (Å²) in [5.74, 6) is -0.370. The summed E-state index contributed by atoms with van der Waals surface area (Å²) < 4.78 is 10.1. The van der Waals surface area contributed by atoms with Crippen LogP contribution in [0.15, 0.2) is 36.4 Å². The first-order valence-corrected chi connectivity index (χ1v) is 5.70. The molecule has 0 spiro atoms. The molecule has 0 saturated carbocycles. The zero-order valence-electron chi connectivity index (χ0n) is 10.3. The molecule has 1 rings (SSSR count). The van der Waals surface area contributed by atoms with Crippen LogP contribution in [-0.4, -0.2) is 25.8 Å². The van der Waals surface area contributed by atoms with Crippen molar-refractivity contribution in [3.05, 3.63) is 42.0 Å². The Labute approximate surface area is 102 Å². The Hall–Kier alpha value is -1.61. The van der Waals surface area contributed by atoms with Crippen molar-refractivity contribution in [2.75, 3.05) is 13.7 Å². The van der Waals surface area contributed by atoms with Crippen LogP contribution < -0.4 is 0 Å².